The summed E-state index contributed by atoms with van der Waals surface area (Å²) in [6.45, 7) is 2.88. The lowest BCUT2D eigenvalue weighted by Crippen LogP contribution is -2.28. The molecular weight excluding hydrogens is 238 g/mol. The molecule has 0 atom stereocenters. The predicted molar refractivity (Wildman–Crippen MR) is 72.7 cm³/mol. The van der Waals surface area contributed by atoms with Gasteiger partial charge in [-0.25, -0.2) is 4.98 Å². The van der Waals surface area contributed by atoms with Crippen molar-refractivity contribution in [2.45, 2.75) is 44.8 Å². The molecule has 1 saturated carbocycles. The van der Waals surface area contributed by atoms with Crippen molar-refractivity contribution in [3.8, 4) is 11.5 Å². The van der Waals surface area contributed by atoms with Crippen molar-refractivity contribution in [1.82, 2.24) is 24.6 Å². The van der Waals surface area contributed by atoms with Gasteiger partial charge in [0, 0.05) is 31.5 Å². The van der Waals surface area contributed by atoms with Crippen molar-refractivity contribution < 1.29 is 0 Å². The van der Waals surface area contributed by atoms with Gasteiger partial charge in [0.1, 0.15) is 5.69 Å². The standard InChI is InChI=1S/C14H19N5/c1-2-4-11(3-1)18-7-6-16-14(18)13-9-12-10-15-5-8-19(12)17-13/h6-7,9,11,15H,1-5,8,10H2. The first kappa shape index (κ1) is 11.2. The number of nitrogens with zero attached hydrogens (tertiary/aromatic N) is 4. The molecule has 5 nitrogen and oxygen atoms in total. The Morgan fingerprint density at radius 1 is 1.26 bits per heavy atom. The number of aromatic nitrogens is 4. The van der Waals surface area contributed by atoms with Crippen molar-refractivity contribution in [1.29, 1.82) is 0 Å². The maximum Gasteiger partial charge on any atom is 0.160 e. The Hall–Kier alpha value is -1.62. The molecule has 1 N–H and O–H groups in total. The summed E-state index contributed by atoms with van der Waals surface area (Å²) in [5.74, 6) is 1.04. The van der Waals surface area contributed by atoms with Crippen LogP contribution < -0.4 is 5.32 Å². The van der Waals surface area contributed by atoms with Gasteiger partial charge in [-0.05, 0) is 18.9 Å². The van der Waals surface area contributed by atoms with E-state index in [9.17, 15) is 0 Å². The Labute approximate surface area is 112 Å². The molecule has 0 aromatic carbocycles. The highest BCUT2D eigenvalue weighted by Gasteiger charge is 2.22. The van der Waals surface area contributed by atoms with Gasteiger partial charge in [0.2, 0.25) is 0 Å². The van der Waals surface area contributed by atoms with Gasteiger partial charge in [-0.1, -0.05) is 12.8 Å². The summed E-state index contributed by atoms with van der Waals surface area (Å²) in [5.41, 5.74) is 2.29. The van der Waals surface area contributed by atoms with Crippen LogP contribution in [-0.4, -0.2) is 25.9 Å². The molecule has 2 aromatic rings. The van der Waals surface area contributed by atoms with E-state index < -0.39 is 0 Å². The van der Waals surface area contributed by atoms with Crippen LogP contribution in [0.25, 0.3) is 11.5 Å². The smallest absolute Gasteiger partial charge is 0.160 e. The first-order chi connectivity index (χ1) is 9.42. The van der Waals surface area contributed by atoms with Crippen LogP contribution in [0.15, 0.2) is 18.5 Å². The highest BCUT2D eigenvalue weighted by molar-refractivity contribution is 5.50. The number of rotatable bonds is 2. The molecule has 0 saturated heterocycles. The molecule has 3 heterocycles. The zero-order chi connectivity index (χ0) is 12.7. The molecule has 4 rings (SSSR count). The minimum Gasteiger partial charge on any atom is -0.327 e. The fourth-order valence-corrected chi connectivity index (χ4v) is 3.29. The Bertz CT molecular complexity index is 553. The second-order valence-electron chi connectivity index (χ2n) is 5.52. The fraction of sp³-hybridized carbons (Fsp3) is 0.571. The highest BCUT2D eigenvalue weighted by atomic mass is 15.3. The van der Waals surface area contributed by atoms with Crippen LogP contribution in [0.4, 0.5) is 0 Å². The molecule has 5 heteroatoms. The molecule has 1 fully saturated rings. The SMILES string of the molecule is c1cn(C2CCCC2)c(-c2cc3n(n2)CCNC3)n1. The number of hydrogen-bond acceptors (Lipinski definition) is 3. The summed E-state index contributed by atoms with van der Waals surface area (Å²) >= 11 is 0. The second kappa shape index (κ2) is 4.49. The van der Waals surface area contributed by atoms with Gasteiger partial charge < -0.3 is 9.88 Å². The largest absolute Gasteiger partial charge is 0.327 e. The maximum absolute atomic E-state index is 4.72. The molecule has 0 amide bonds. The minimum atomic E-state index is 0.620. The maximum atomic E-state index is 4.72. The van der Waals surface area contributed by atoms with Crippen molar-refractivity contribution in [3.05, 3.63) is 24.2 Å². The van der Waals surface area contributed by atoms with Gasteiger partial charge in [0.15, 0.2) is 5.82 Å². The summed E-state index contributed by atoms with van der Waals surface area (Å²) in [6.07, 6.45) is 9.25. The molecule has 19 heavy (non-hydrogen) atoms. The molecule has 1 aliphatic heterocycles. The molecule has 0 bridgehead atoms. The van der Waals surface area contributed by atoms with Gasteiger partial charge in [0.25, 0.3) is 0 Å². The van der Waals surface area contributed by atoms with E-state index in [-0.39, 0.29) is 0 Å². The Balaban J connectivity index is 1.72. The lowest BCUT2D eigenvalue weighted by molar-refractivity contribution is 0.475. The van der Waals surface area contributed by atoms with Crippen LogP contribution in [0.2, 0.25) is 0 Å². The van der Waals surface area contributed by atoms with E-state index >= 15 is 0 Å². The van der Waals surface area contributed by atoms with Crippen LogP contribution in [0.5, 0.6) is 0 Å². The van der Waals surface area contributed by atoms with Gasteiger partial charge in [0.05, 0.1) is 12.2 Å². The third-order valence-electron chi connectivity index (χ3n) is 4.29. The van der Waals surface area contributed by atoms with Crippen LogP contribution in [0, 0.1) is 0 Å². The van der Waals surface area contributed by atoms with Crippen LogP contribution >= 0.6 is 0 Å². The van der Waals surface area contributed by atoms with E-state index in [1.165, 1.54) is 31.4 Å². The summed E-state index contributed by atoms with van der Waals surface area (Å²) in [4.78, 5) is 4.54. The van der Waals surface area contributed by atoms with Crippen LogP contribution in [-0.2, 0) is 13.1 Å². The third kappa shape index (κ3) is 1.89. The number of fused-ring (bicyclic) bond motifs is 1. The van der Waals surface area contributed by atoms with E-state index in [1.807, 2.05) is 6.20 Å². The number of nitrogens with one attached hydrogen (secondary N) is 1. The van der Waals surface area contributed by atoms with E-state index in [0.717, 1.165) is 31.2 Å². The summed E-state index contributed by atoms with van der Waals surface area (Å²) in [5, 5.41) is 8.10. The molecule has 0 spiro atoms. The quantitative estimate of drug-likeness (QED) is 0.894. The Morgan fingerprint density at radius 2 is 2.16 bits per heavy atom. The molecule has 100 valence electrons. The van der Waals surface area contributed by atoms with Crippen LogP contribution in [0.3, 0.4) is 0 Å². The molecule has 1 aliphatic carbocycles. The number of imidazole rings is 1. The second-order valence-corrected chi connectivity index (χ2v) is 5.52. The van der Waals surface area contributed by atoms with Crippen molar-refractivity contribution >= 4 is 0 Å². The minimum absolute atomic E-state index is 0.620. The first-order valence-electron chi connectivity index (χ1n) is 7.22. The van der Waals surface area contributed by atoms with Gasteiger partial charge in [-0.3, -0.25) is 4.68 Å². The van der Waals surface area contributed by atoms with Gasteiger partial charge in [-0.2, -0.15) is 5.10 Å². The highest BCUT2D eigenvalue weighted by Crippen LogP contribution is 2.32. The molecule has 0 radical (unpaired) electrons. The normalized spacial score (nSPS) is 19.8. The van der Waals surface area contributed by atoms with E-state index in [0.29, 0.717) is 6.04 Å². The lowest BCUT2D eigenvalue weighted by Gasteiger charge is -2.14. The molecule has 2 aliphatic rings. The van der Waals surface area contributed by atoms with Crippen molar-refractivity contribution in [2.24, 2.45) is 0 Å². The van der Waals surface area contributed by atoms with E-state index in [2.05, 4.69) is 31.8 Å². The summed E-state index contributed by atoms with van der Waals surface area (Å²) in [7, 11) is 0. The van der Waals surface area contributed by atoms with E-state index in [4.69, 9.17) is 5.10 Å². The summed E-state index contributed by atoms with van der Waals surface area (Å²) in [6, 6.07) is 2.80. The Kier molecular flexibility index (Phi) is 2.65. The number of hydrogen-bond donors (Lipinski definition) is 1. The molecular formula is C14H19N5. The molecule has 2 aromatic heterocycles. The summed E-state index contributed by atoms with van der Waals surface area (Å²) < 4.78 is 4.44. The zero-order valence-corrected chi connectivity index (χ0v) is 11.0. The van der Waals surface area contributed by atoms with E-state index in [1.54, 1.807) is 0 Å². The fourth-order valence-electron chi connectivity index (χ4n) is 3.29. The third-order valence-corrected chi connectivity index (χ3v) is 4.29. The van der Waals surface area contributed by atoms with Gasteiger partial charge >= 0.3 is 0 Å². The topological polar surface area (TPSA) is 47.7 Å². The monoisotopic (exact) mass is 257 g/mol. The van der Waals surface area contributed by atoms with Crippen LogP contribution in [0.1, 0.15) is 37.4 Å². The van der Waals surface area contributed by atoms with Crippen molar-refractivity contribution in [3.63, 3.8) is 0 Å². The van der Waals surface area contributed by atoms with Gasteiger partial charge in [-0.15, -0.1) is 0 Å². The zero-order valence-electron chi connectivity index (χ0n) is 11.0. The first-order valence-corrected chi connectivity index (χ1v) is 7.22. The average Bonchev–Trinajstić information content (AvgIpc) is 3.17. The Morgan fingerprint density at radius 3 is 3.00 bits per heavy atom. The molecule has 0 unspecified atom stereocenters. The lowest BCUT2D eigenvalue weighted by atomic mass is 10.2. The average molecular weight is 257 g/mol. The van der Waals surface area contributed by atoms with Crippen molar-refractivity contribution in [2.75, 3.05) is 6.54 Å². The predicted octanol–water partition coefficient (Wildman–Crippen LogP) is 1.96.